The van der Waals surface area contributed by atoms with E-state index >= 15 is 0 Å². The van der Waals surface area contributed by atoms with E-state index in [0.29, 0.717) is 10.7 Å². The maximum absolute atomic E-state index is 12.2. The Kier molecular flexibility index (Phi) is 7.35. The van der Waals surface area contributed by atoms with E-state index in [1.807, 2.05) is 0 Å². The molecule has 0 bridgehead atoms. The van der Waals surface area contributed by atoms with Crippen molar-refractivity contribution in [2.24, 2.45) is 5.10 Å². The SMILES string of the molecule is C/C(=N/Nc1ccc(Cl)cc1)c1ccc(S(=O)(=O)NCCCC(=O)[O-])cc1. The van der Waals surface area contributed by atoms with Crippen LogP contribution in [-0.2, 0) is 14.8 Å². The average Bonchev–Trinajstić information content (AvgIpc) is 2.64. The van der Waals surface area contributed by atoms with Gasteiger partial charge < -0.3 is 9.90 Å². The summed E-state index contributed by atoms with van der Waals surface area (Å²) in [6, 6.07) is 13.3. The van der Waals surface area contributed by atoms with Crippen molar-refractivity contribution in [3.63, 3.8) is 0 Å². The van der Waals surface area contributed by atoms with Gasteiger partial charge in [-0.05, 0) is 61.7 Å². The Labute approximate surface area is 163 Å². The number of rotatable bonds is 9. The maximum atomic E-state index is 12.2. The molecule has 0 heterocycles. The second kappa shape index (κ2) is 9.50. The minimum atomic E-state index is -3.69. The van der Waals surface area contributed by atoms with Gasteiger partial charge in [-0.1, -0.05) is 23.7 Å². The van der Waals surface area contributed by atoms with Crippen LogP contribution >= 0.6 is 11.6 Å². The van der Waals surface area contributed by atoms with Crippen LogP contribution in [0.2, 0.25) is 5.02 Å². The summed E-state index contributed by atoms with van der Waals surface area (Å²) in [4.78, 5) is 10.4. The number of nitrogens with zero attached hydrogens (tertiary/aromatic N) is 1. The summed E-state index contributed by atoms with van der Waals surface area (Å²) in [7, 11) is -3.69. The number of hydrogen-bond acceptors (Lipinski definition) is 6. The number of carboxylic acids is 1. The van der Waals surface area contributed by atoms with Gasteiger partial charge in [0.25, 0.3) is 0 Å². The van der Waals surface area contributed by atoms with Crippen LogP contribution in [0.25, 0.3) is 0 Å². The molecule has 0 amide bonds. The second-order valence-corrected chi connectivity index (χ2v) is 7.92. The lowest BCUT2D eigenvalue weighted by Gasteiger charge is -2.08. The molecule has 0 fully saturated rings. The molecule has 0 aromatic heterocycles. The van der Waals surface area contributed by atoms with Gasteiger partial charge in [-0.2, -0.15) is 5.10 Å². The van der Waals surface area contributed by atoms with E-state index in [4.69, 9.17) is 11.6 Å². The quantitative estimate of drug-likeness (QED) is 0.374. The summed E-state index contributed by atoms with van der Waals surface area (Å²) in [6.45, 7) is 1.83. The molecule has 2 aromatic rings. The summed E-state index contributed by atoms with van der Waals surface area (Å²) in [6.07, 6.45) is -0.0283. The van der Waals surface area contributed by atoms with E-state index in [1.165, 1.54) is 12.1 Å². The number of sulfonamides is 1. The average molecular weight is 409 g/mol. The Morgan fingerprint density at radius 3 is 2.33 bits per heavy atom. The predicted molar refractivity (Wildman–Crippen MR) is 103 cm³/mol. The number of carbonyl (C=O) groups is 1. The molecule has 0 radical (unpaired) electrons. The molecule has 9 heteroatoms. The van der Waals surface area contributed by atoms with Gasteiger partial charge in [0.1, 0.15) is 0 Å². The first kappa shape index (κ1) is 20.9. The lowest BCUT2D eigenvalue weighted by atomic mass is 10.1. The van der Waals surface area contributed by atoms with E-state index < -0.39 is 16.0 Å². The van der Waals surface area contributed by atoms with Crippen molar-refractivity contribution in [3.05, 3.63) is 59.1 Å². The lowest BCUT2D eigenvalue weighted by Crippen LogP contribution is -2.27. The van der Waals surface area contributed by atoms with Gasteiger partial charge >= 0.3 is 0 Å². The molecule has 27 heavy (non-hydrogen) atoms. The summed E-state index contributed by atoms with van der Waals surface area (Å²) < 4.78 is 26.7. The number of anilines is 1. The lowest BCUT2D eigenvalue weighted by molar-refractivity contribution is -0.305. The molecule has 0 atom stereocenters. The number of aliphatic carboxylic acids is 1. The highest BCUT2D eigenvalue weighted by atomic mass is 35.5. The molecule has 0 saturated carbocycles. The number of hydrazone groups is 1. The van der Waals surface area contributed by atoms with Crippen molar-refractivity contribution in [2.75, 3.05) is 12.0 Å². The fraction of sp³-hybridized carbons (Fsp3) is 0.222. The smallest absolute Gasteiger partial charge is 0.240 e. The molecule has 0 aliphatic carbocycles. The topological polar surface area (TPSA) is 111 Å². The van der Waals surface area contributed by atoms with E-state index in [-0.39, 0.29) is 24.3 Å². The Morgan fingerprint density at radius 2 is 1.74 bits per heavy atom. The highest BCUT2D eigenvalue weighted by Crippen LogP contribution is 2.15. The van der Waals surface area contributed by atoms with Crippen molar-refractivity contribution in [3.8, 4) is 0 Å². The number of nitrogens with one attached hydrogen (secondary N) is 2. The molecular formula is C18H19ClN3O4S-. The number of hydrogen-bond donors (Lipinski definition) is 2. The third-order valence-corrected chi connectivity index (χ3v) is 5.36. The highest BCUT2D eigenvalue weighted by Gasteiger charge is 2.13. The zero-order valence-corrected chi connectivity index (χ0v) is 16.2. The van der Waals surface area contributed by atoms with Gasteiger partial charge in [0, 0.05) is 17.5 Å². The third kappa shape index (κ3) is 6.67. The number of carbonyl (C=O) groups excluding carboxylic acids is 1. The molecule has 0 aliphatic rings. The minimum Gasteiger partial charge on any atom is -0.550 e. The summed E-state index contributed by atoms with van der Waals surface area (Å²) in [5.74, 6) is -1.21. The van der Waals surface area contributed by atoms with Gasteiger partial charge in [-0.25, -0.2) is 13.1 Å². The summed E-state index contributed by atoms with van der Waals surface area (Å²) in [5, 5.41) is 15.2. The zero-order valence-electron chi connectivity index (χ0n) is 14.6. The highest BCUT2D eigenvalue weighted by molar-refractivity contribution is 7.89. The zero-order chi connectivity index (χ0) is 19.9. The minimum absolute atomic E-state index is 0.0313. The van der Waals surface area contributed by atoms with Crippen molar-refractivity contribution < 1.29 is 18.3 Å². The molecule has 144 valence electrons. The van der Waals surface area contributed by atoms with Crippen molar-refractivity contribution in [1.82, 2.24) is 4.72 Å². The van der Waals surface area contributed by atoms with Crippen LogP contribution < -0.4 is 15.3 Å². The standard InChI is InChI=1S/C18H20ClN3O4S/c1-13(21-22-16-8-6-15(19)7-9-16)14-4-10-17(11-5-14)27(25,26)20-12-2-3-18(23)24/h4-11,20,22H,2-3,12H2,1H3,(H,23,24)/p-1/b21-13-. The molecule has 2 N–H and O–H groups in total. The first-order valence-electron chi connectivity index (χ1n) is 8.14. The van der Waals surface area contributed by atoms with E-state index in [1.54, 1.807) is 43.3 Å². The van der Waals surface area contributed by atoms with Crippen molar-refractivity contribution >= 4 is 39.0 Å². The molecule has 2 rings (SSSR count). The van der Waals surface area contributed by atoms with Crippen LogP contribution in [0.1, 0.15) is 25.3 Å². The monoisotopic (exact) mass is 408 g/mol. The fourth-order valence-corrected chi connectivity index (χ4v) is 3.34. The molecular weight excluding hydrogens is 390 g/mol. The van der Waals surface area contributed by atoms with Gasteiger partial charge in [0.2, 0.25) is 10.0 Å². The Bertz CT molecular complexity index is 911. The summed E-state index contributed by atoms with van der Waals surface area (Å²) in [5.41, 5.74) is 5.11. The van der Waals surface area contributed by atoms with Gasteiger partial charge in [-0.15, -0.1) is 0 Å². The van der Waals surface area contributed by atoms with Crippen LogP contribution in [0.4, 0.5) is 5.69 Å². The van der Waals surface area contributed by atoms with Gasteiger partial charge in [0.05, 0.1) is 16.3 Å². The molecule has 0 unspecified atom stereocenters. The Morgan fingerprint density at radius 1 is 1.11 bits per heavy atom. The molecule has 7 nitrogen and oxygen atoms in total. The predicted octanol–water partition coefficient (Wildman–Crippen LogP) is 1.98. The molecule has 0 saturated heterocycles. The van der Waals surface area contributed by atoms with E-state index in [9.17, 15) is 18.3 Å². The maximum Gasteiger partial charge on any atom is 0.240 e. The van der Waals surface area contributed by atoms with Crippen molar-refractivity contribution in [1.29, 1.82) is 0 Å². The van der Waals surface area contributed by atoms with Crippen molar-refractivity contribution in [2.45, 2.75) is 24.7 Å². The summed E-state index contributed by atoms with van der Waals surface area (Å²) >= 11 is 5.83. The first-order valence-corrected chi connectivity index (χ1v) is 10.00. The number of carboxylic acid groups (broad SMARTS) is 1. The van der Waals surface area contributed by atoms with Crippen LogP contribution in [0.3, 0.4) is 0 Å². The molecule has 0 aliphatic heterocycles. The van der Waals surface area contributed by atoms with Crippen LogP contribution in [0.15, 0.2) is 58.5 Å². The van der Waals surface area contributed by atoms with Crippen LogP contribution in [-0.4, -0.2) is 26.6 Å². The van der Waals surface area contributed by atoms with Gasteiger partial charge in [0.15, 0.2) is 0 Å². The second-order valence-electron chi connectivity index (χ2n) is 5.71. The molecule has 0 spiro atoms. The van der Waals surface area contributed by atoms with E-state index in [2.05, 4.69) is 15.2 Å². The fourth-order valence-electron chi connectivity index (χ4n) is 2.14. The Hall–Kier alpha value is -2.42. The Balaban J connectivity index is 1.99. The molecule has 2 aromatic carbocycles. The van der Waals surface area contributed by atoms with Gasteiger partial charge in [-0.3, -0.25) is 5.43 Å². The largest absolute Gasteiger partial charge is 0.550 e. The first-order chi connectivity index (χ1) is 12.8. The van der Waals surface area contributed by atoms with Crippen LogP contribution in [0.5, 0.6) is 0 Å². The van der Waals surface area contributed by atoms with E-state index in [0.717, 1.165) is 11.3 Å². The normalized spacial score (nSPS) is 12.0. The van der Waals surface area contributed by atoms with Crippen LogP contribution in [0, 0.1) is 0 Å². The number of halogens is 1. The third-order valence-electron chi connectivity index (χ3n) is 3.63. The number of benzene rings is 2.